The lowest BCUT2D eigenvalue weighted by molar-refractivity contribution is -0.111. The summed E-state index contributed by atoms with van der Waals surface area (Å²) in [5.41, 5.74) is 4.86. The average molecular weight is 380 g/mol. The summed E-state index contributed by atoms with van der Waals surface area (Å²) in [6.07, 6.45) is 5.91. The zero-order chi connectivity index (χ0) is 19.8. The third kappa shape index (κ3) is 3.19. The zero-order valence-electron chi connectivity index (χ0n) is 16.6. The van der Waals surface area contributed by atoms with E-state index in [-0.39, 0.29) is 5.91 Å². The molecular formula is C22H24N2O4. The molecule has 0 fully saturated rings. The van der Waals surface area contributed by atoms with Crippen LogP contribution >= 0.6 is 0 Å². The number of nitrogens with zero attached hydrogens (tertiary/aromatic N) is 1. The van der Waals surface area contributed by atoms with E-state index < -0.39 is 0 Å². The molecule has 1 aromatic carbocycles. The fourth-order valence-corrected chi connectivity index (χ4v) is 3.95. The number of ether oxygens (including phenoxy) is 1. The Bertz CT molecular complexity index is 1090. The Hall–Kier alpha value is -3.02. The fraction of sp³-hybridized carbons (Fsp3) is 0.364. The molecule has 0 atom stereocenters. The first-order chi connectivity index (χ1) is 13.5. The molecule has 0 saturated heterocycles. The summed E-state index contributed by atoms with van der Waals surface area (Å²) < 4.78 is 16.8. The normalized spacial score (nSPS) is 14.2. The van der Waals surface area contributed by atoms with Crippen molar-refractivity contribution in [1.82, 2.24) is 5.16 Å². The summed E-state index contributed by atoms with van der Waals surface area (Å²) in [5.74, 6) is 2.60. The van der Waals surface area contributed by atoms with Gasteiger partial charge in [0.05, 0.1) is 7.11 Å². The molecule has 146 valence electrons. The van der Waals surface area contributed by atoms with Crippen molar-refractivity contribution in [3.63, 3.8) is 0 Å². The van der Waals surface area contributed by atoms with Crippen molar-refractivity contribution in [3.05, 3.63) is 46.4 Å². The number of hydrogen-bond donors (Lipinski definition) is 1. The van der Waals surface area contributed by atoms with Gasteiger partial charge < -0.3 is 19.0 Å². The number of rotatable bonds is 4. The molecule has 6 heteroatoms. The van der Waals surface area contributed by atoms with Gasteiger partial charge in [0.25, 0.3) is 0 Å². The van der Waals surface area contributed by atoms with E-state index in [1.54, 1.807) is 26.2 Å². The molecule has 1 aliphatic carbocycles. The van der Waals surface area contributed by atoms with Crippen LogP contribution in [-0.2, 0) is 17.6 Å². The Labute approximate surface area is 163 Å². The molecule has 0 bridgehead atoms. The standard InChI is InChI=1S/C22H24N2O4/c1-12(9-20(25)23-19-10-13(2)28-24-19)16-11-17-15-7-5-6-8-18(15)27-22(17)14(3)21(16)26-4/h9-11H,5-8H2,1-4H3,(H,23,24,25)/b12-9+. The summed E-state index contributed by atoms with van der Waals surface area (Å²) in [5, 5.41) is 7.64. The first-order valence-electron chi connectivity index (χ1n) is 9.52. The van der Waals surface area contributed by atoms with Crippen LogP contribution in [0.3, 0.4) is 0 Å². The highest BCUT2D eigenvalue weighted by molar-refractivity contribution is 6.04. The molecule has 0 radical (unpaired) electrons. The minimum absolute atomic E-state index is 0.264. The van der Waals surface area contributed by atoms with E-state index in [4.69, 9.17) is 13.7 Å². The lowest BCUT2D eigenvalue weighted by Gasteiger charge is -2.13. The van der Waals surface area contributed by atoms with Gasteiger partial charge in [0.15, 0.2) is 5.82 Å². The van der Waals surface area contributed by atoms with Crippen LogP contribution in [0.5, 0.6) is 5.75 Å². The van der Waals surface area contributed by atoms with E-state index in [2.05, 4.69) is 16.5 Å². The number of aryl methyl sites for hydroxylation is 4. The number of carbonyl (C=O) groups is 1. The lowest BCUT2D eigenvalue weighted by Crippen LogP contribution is -2.09. The van der Waals surface area contributed by atoms with Gasteiger partial charge in [-0.05, 0) is 51.7 Å². The van der Waals surface area contributed by atoms with E-state index in [9.17, 15) is 4.79 Å². The molecule has 2 heterocycles. The highest BCUT2D eigenvalue weighted by Gasteiger charge is 2.23. The molecule has 6 nitrogen and oxygen atoms in total. The minimum atomic E-state index is -0.264. The predicted molar refractivity (Wildman–Crippen MR) is 108 cm³/mol. The maximum absolute atomic E-state index is 12.4. The summed E-state index contributed by atoms with van der Waals surface area (Å²) in [6, 6.07) is 3.77. The smallest absolute Gasteiger partial charge is 0.249 e. The monoisotopic (exact) mass is 380 g/mol. The summed E-state index contributed by atoms with van der Waals surface area (Å²) in [7, 11) is 1.64. The summed E-state index contributed by atoms with van der Waals surface area (Å²) in [6.45, 7) is 5.69. The van der Waals surface area contributed by atoms with E-state index in [1.807, 2.05) is 13.8 Å². The van der Waals surface area contributed by atoms with Crippen molar-refractivity contribution in [1.29, 1.82) is 0 Å². The predicted octanol–water partition coefficient (Wildman–Crippen LogP) is 4.97. The minimum Gasteiger partial charge on any atom is -0.496 e. The van der Waals surface area contributed by atoms with Crippen LogP contribution < -0.4 is 10.1 Å². The van der Waals surface area contributed by atoms with Gasteiger partial charge in [0.1, 0.15) is 22.9 Å². The van der Waals surface area contributed by atoms with Gasteiger partial charge in [0, 0.05) is 40.6 Å². The Balaban J connectivity index is 1.74. The van der Waals surface area contributed by atoms with Crippen LogP contribution in [0.4, 0.5) is 5.82 Å². The number of benzene rings is 1. The van der Waals surface area contributed by atoms with Gasteiger partial charge in [-0.2, -0.15) is 0 Å². The second kappa shape index (κ2) is 7.19. The molecule has 0 aliphatic heterocycles. The van der Waals surface area contributed by atoms with Crippen molar-refractivity contribution >= 4 is 28.3 Å². The second-order valence-electron chi connectivity index (χ2n) is 7.31. The lowest BCUT2D eigenvalue weighted by atomic mass is 9.93. The maximum atomic E-state index is 12.4. The number of carbonyl (C=O) groups excluding carboxylic acids is 1. The number of methoxy groups -OCH3 is 1. The molecule has 1 N–H and O–H groups in total. The number of allylic oxidation sites excluding steroid dienone is 1. The highest BCUT2D eigenvalue weighted by atomic mass is 16.5. The Kier molecular flexibility index (Phi) is 4.71. The van der Waals surface area contributed by atoms with E-state index >= 15 is 0 Å². The molecule has 3 aromatic rings. The average Bonchev–Trinajstić information content (AvgIpc) is 3.25. The molecule has 4 rings (SSSR count). The number of hydrogen-bond acceptors (Lipinski definition) is 5. The number of aromatic nitrogens is 1. The number of amides is 1. The molecule has 1 amide bonds. The van der Waals surface area contributed by atoms with Gasteiger partial charge in [-0.15, -0.1) is 0 Å². The molecule has 28 heavy (non-hydrogen) atoms. The van der Waals surface area contributed by atoms with Crippen LogP contribution in [0.1, 0.15) is 48.0 Å². The first kappa shape index (κ1) is 18.3. The molecule has 1 aliphatic rings. The summed E-state index contributed by atoms with van der Waals surface area (Å²) >= 11 is 0. The quantitative estimate of drug-likeness (QED) is 0.647. The third-order valence-electron chi connectivity index (χ3n) is 5.28. The molecule has 0 saturated carbocycles. The van der Waals surface area contributed by atoms with Gasteiger partial charge in [-0.1, -0.05) is 5.16 Å². The van der Waals surface area contributed by atoms with E-state index in [1.165, 1.54) is 12.0 Å². The SMILES string of the molecule is COc1c(/C(C)=C/C(=O)Nc2cc(C)on2)cc2c3c(oc2c1C)CCCC3. The van der Waals surface area contributed by atoms with E-state index in [0.29, 0.717) is 11.6 Å². The van der Waals surface area contributed by atoms with Gasteiger partial charge in [-0.3, -0.25) is 4.79 Å². The van der Waals surface area contributed by atoms with Crippen LogP contribution in [0.15, 0.2) is 27.1 Å². The van der Waals surface area contributed by atoms with Crippen LogP contribution in [0, 0.1) is 13.8 Å². The van der Waals surface area contributed by atoms with Crippen molar-refractivity contribution < 1.29 is 18.5 Å². The number of fused-ring (bicyclic) bond motifs is 3. The first-order valence-corrected chi connectivity index (χ1v) is 9.52. The largest absolute Gasteiger partial charge is 0.496 e. The maximum Gasteiger partial charge on any atom is 0.249 e. The van der Waals surface area contributed by atoms with Gasteiger partial charge in [0.2, 0.25) is 5.91 Å². The molecular weight excluding hydrogens is 356 g/mol. The zero-order valence-corrected chi connectivity index (χ0v) is 16.6. The van der Waals surface area contributed by atoms with Gasteiger partial charge >= 0.3 is 0 Å². The fourth-order valence-electron chi connectivity index (χ4n) is 3.95. The van der Waals surface area contributed by atoms with Gasteiger partial charge in [-0.25, -0.2) is 0 Å². The molecule has 2 aromatic heterocycles. The van der Waals surface area contributed by atoms with Crippen LogP contribution in [0.25, 0.3) is 16.5 Å². The van der Waals surface area contributed by atoms with Crippen molar-refractivity contribution in [2.75, 3.05) is 12.4 Å². The molecule has 0 spiro atoms. The Morgan fingerprint density at radius 3 is 2.75 bits per heavy atom. The number of anilines is 1. The van der Waals surface area contributed by atoms with Crippen molar-refractivity contribution in [3.8, 4) is 5.75 Å². The third-order valence-corrected chi connectivity index (χ3v) is 5.28. The Morgan fingerprint density at radius 2 is 2.04 bits per heavy atom. The second-order valence-corrected chi connectivity index (χ2v) is 7.31. The van der Waals surface area contributed by atoms with Crippen molar-refractivity contribution in [2.45, 2.75) is 46.5 Å². The number of furan rings is 1. The van der Waals surface area contributed by atoms with Crippen molar-refractivity contribution in [2.24, 2.45) is 0 Å². The van der Waals surface area contributed by atoms with Crippen LogP contribution in [0.2, 0.25) is 0 Å². The molecule has 0 unspecified atom stereocenters. The Morgan fingerprint density at radius 1 is 1.25 bits per heavy atom. The summed E-state index contributed by atoms with van der Waals surface area (Å²) in [4.78, 5) is 12.4. The van der Waals surface area contributed by atoms with Crippen LogP contribution in [-0.4, -0.2) is 18.2 Å². The highest BCUT2D eigenvalue weighted by Crippen LogP contribution is 2.41. The number of nitrogens with one attached hydrogen (secondary N) is 1. The topological polar surface area (TPSA) is 77.5 Å². The van der Waals surface area contributed by atoms with E-state index in [0.717, 1.165) is 58.4 Å².